The van der Waals surface area contributed by atoms with Gasteiger partial charge in [0.25, 0.3) is 0 Å². The summed E-state index contributed by atoms with van der Waals surface area (Å²) in [5.74, 6) is -3.07. The molecule has 110 valence electrons. The van der Waals surface area contributed by atoms with Gasteiger partial charge in [0.05, 0.1) is 23.1 Å². The van der Waals surface area contributed by atoms with Crippen molar-refractivity contribution < 1.29 is 23.1 Å². The van der Waals surface area contributed by atoms with E-state index in [1.54, 1.807) is 6.92 Å². The lowest BCUT2D eigenvalue weighted by Gasteiger charge is -2.11. The molecule has 1 aromatic heterocycles. The van der Waals surface area contributed by atoms with E-state index >= 15 is 0 Å². The normalized spacial score (nSPS) is 10.7. The summed E-state index contributed by atoms with van der Waals surface area (Å²) in [6, 6.07) is 0.523. The van der Waals surface area contributed by atoms with Gasteiger partial charge in [-0.15, -0.1) is 0 Å². The lowest BCUT2D eigenvalue weighted by molar-refractivity contribution is 0.0524. The van der Waals surface area contributed by atoms with Crippen molar-refractivity contribution in [3.63, 3.8) is 0 Å². The van der Waals surface area contributed by atoms with Gasteiger partial charge in [-0.3, -0.25) is 9.59 Å². The highest BCUT2D eigenvalue weighted by Gasteiger charge is 2.22. The first-order valence-corrected chi connectivity index (χ1v) is 6.06. The predicted molar refractivity (Wildman–Crippen MR) is 70.4 cm³/mol. The van der Waals surface area contributed by atoms with Crippen LogP contribution in [0.2, 0.25) is 0 Å². The molecule has 0 N–H and O–H groups in total. The van der Waals surface area contributed by atoms with Gasteiger partial charge >= 0.3 is 5.97 Å². The van der Waals surface area contributed by atoms with Crippen molar-refractivity contribution in [2.45, 2.75) is 6.92 Å². The molecular weight excluding hydrogens is 284 g/mol. The number of carbonyl (C=O) groups excluding carboxylic acids is 2. The number of benzene rings is 1. The minimum absolute atomic E-state index is 0.0398. The lowest BCUT2D eigenvalue weighted by atomic mass is 10.0. The molecule has 1 heterocycles. The Labute approximate surface area is 117 Å². The SMILES string of the molecule is CCOC(=O)c1cn(C)c2c(F)cc(F)c(C=O)c2c1=O. The lowest BCUT2D eigenvalue weighted by Crippen LogP contribution is -2.22. The molecule has 0 spiro atoms. The van der Waals surface area contributed by atoms with E-state index in [-0.39, 0.29) is 24.0 Å². The van der Waals surface area contributed by atoms with Crippen molar-refractivity contribution in [1.29, 1.82) is 0 Å². The van der Waals surface area contributed by atoms with Crippen molar-refractivity contribution in [2.75, 3.05) is 6.61 Å². The molecule has 0 radical (unpaired) electrons. The molecule has 2 rings (SSSR count). The number of hydrogen-bond acceptors (Lipinski definition) is 4. The highest BCUT2D eigenvalue weighted by Crippen LogP contribution is 2.21. The molecule has 0 atom stereocenters. The van der Waals surface area contributed by atoms with Crippen LogP contribution in [0.5, 0.6) is 0 Å². The number of ether oxygens (including phenoxy) is 1. The van der Waals surface area contributed by atoms with Crippen molar-refractivity contribution in [2.24, 2.45) is 7.05 Å². The largest absolute Gasteiger partial charge is 0.462 e. The second-order valence-electron chi connectivity index (χ2n) is 4.30. The Hall–Kier alpha value is -2.57. The Morgan fingerprint density at radius 3 is 2.62 bits per heavy atom. The van der Waals surface area contributed by atoms with E-state index in [0.717, 1.165) is 10.8 Å². The number of fused-ring (bicyclic) bond motifs is 1. The molecule has 5 nitrogen and oxygen atoms in total. The number of halogens is 2. The number of nitrogens with zero attached hydrogens (tertiary/aromatic N) is 1. The van der Waals surface area contributed by atoms with Crippen LogP contribution in [0.1, 0.15) is 27.6 Å². The standard InChI is InChI=1S/C14H11F2NO4/c1-3-21-14(20)7-5-17(2)12-10(16)4-9(15)8(6-18)11(12)13(7)19/h4-6H,3H2,1-2H3. The van der Waals surface area contributed by atoms with E-state index in [1.165, 1.54) is 7.05 Å². The molecule has 7 heteroatoms. The fraction of sp³-hybridized carbons (Fsp3) is 0.214. The van der Waals surface area contributed by atoms with Gasteiger partial charge in [0.2, 0.25) is 5.43 Å². The van der Waals surface area contributed by atoms with Gasteiger partial charge in [0, 0.05) is 19.3 Å². The Morgan fingerprint density at radius 1 is 1.38 bits per heavy atom. The van der Waals surface area contributed by atoms with Crippen LogP contribution in [0, 0.1) is 11.6 Å². The number of esters is 1. The zero-order valence-electron chi connectivity index (χ0n) is 11.3. The van der Waals surface area contributed by atoms with Gasteiger partial charge in [-0.05, 0) is 6.92 Å². The smallest absolute Gasteiger partial charge is 0.343 e. The summed E-state index contributed by atoms with van der Waals surface area (Å²) in [5.41, 5.74) is -2.17. The van der Waals surface area contributed by atoms with Gasteiger partial charge < -0.3 is 9.30 Å². The molecule has 0 saturated heterocycles. The third-order valence-corrected chi connectivity index (χ3v) is 3.00. The molecule has 21 heavy (non-hydrogen) atoms. The van der Waals surface area contributed by atoms with Gasteiger partial charge in [0.1, 0.15) is 11.4 Å². The summed E-state index contributed by atoms with van der Waals surface area (Å²) in [4.78, 5) is 35.0. The van der Waals surface area contributed by atoms with Crippen LogP contribution in [-0.4, -0.2) is 23.4 Å². The molecule has 0 bridgehead atoms. The van der Waals surface area contributed by atoms with Crippen molar-refractivity contribution in [3.05, 3.63) is 45.2 Å². The van der Waals surface area contributed by atoms with Crippen LogP contribution in [0.3, 0.4) is 0 Å². The first kappa shape index (κ1) is 14.8. The molecule has 0 unspecified atom stereocenters. The minimum atomic E-state index is -1.16. The van der Waals surface area contributed by atoms with Crippen molar-refractivity contribution >= 4 is 23.2 Å². The molecule has 0 saturated carbocycles. The summed E-state index contributed by atoms with van der Waals surface area (Å²) in [5, 5.41) is -0.476. The van der Waals surface area contributed by atoms with Gasteiger partial charge in [-0.1, -0.05) is 0 Å². The fourth-order valence-electron chi connectivity index (χ4n) is 2.12. The second kappa shape index (κ2) is 5.43. The number of carbonyl (C=O) groups is 2. The Bertz CT molecular complexity index is 811. The number of aryl methyl sites for hydroxylation is 1. The Morgan fingerprint density at radius 2 is 2.05 bits per heavy atom. The molecule has 2 aromatic rings. The first-order chi connectivity index (χ1) is 9.92. The average molecular weight is 295 g/mol. The molecular formula is C14H11F2NO4. The Kier molecular flexibility index (Phi) is 3.84. The van der Waals surface area contributed by atoms with E-state index in [2.05, 4.69) is 0 Å². The number of hydrogen-bond donors (Lipinski definition) is 0. The van der Waals surface area contributed by atoms with Crippen LogP contribution in [-0.2, 0) is 11.8 Å². The highest BCUT2D eigenvalue weighted by molar-refractivity contribution is 6.01. The van der Waals surface area contributed by atoms with Gasteiger partial charge in [0.15, 0.2) is 12.1 Å². The fourth-order valence-corrected chi connectivity index (χ4v) is 2.12. The quantitative estimate of drug-likeness (QED) is 0.640. The van der Waals surface area contributed by atoms with Crippen molar-refractivity contribution in [3.8, 4) is 0 Å². The first-order valence-electron chi connectivity index (χ1n) is 6.06. The molecule has 0 aliphatic carbocycles. The van der Waals surface area contributed by atoms with Crippen LogP contribution in [0.15, 0.2) is 17.1 Å². The number of rotatable bonds is 3. The highest BCUT2D eigenvalue weighted by atomic mass is 19.1. The summed E-state index contributed by atoms with van der Waals surface area (Å²) < 4.78 is 33.4. The maximum Gasteiger partial charge on any atom is 0.343 e. The van der Waals surface area contributed by atoms with E-state index in [1.807, 2.05) is 0 Å². The third kappa shape index (κ3) is 2.31. The molecule has 0 fully saturated rings. The minimum Gasteiger partial charge on any atom is -0.462 e. The monoisotopic (exact) mass is 295 g/mol. The number of aldehydes is 1. The zero-order valence-corrected chi connectivity index (χ0v) is 11.3. The maximum absolute atomic E-state index is 13.9. The van der Waals surface area contributed by atoms with E-state index in [9.17, 15) is 23.2 Å². The molecule has 0 aliphatic heterocycles. The van der Waals surface area contributed by atoms with Crippen LogP contribution in [0.25, 0.3) is 10.9 Å². The van der Waals surface area contributed by atoms with Crippen LogP contribution in [0.4, 0.5) is 8.78 Å². The Balaban J connectivity index is 2.98. The summed E-state index contributed by atoms with van der Waals surface area (Å²) in [6.45, 7) is 1.59. The number of aromatic nitrogens is 1. The summed E-state index contributed by atoms with van der Waals surface area (Å²) in [7, 11) is 1.38. The summed E-state index contributed by atoms with van der Waals surface area (Å²) >= 11 is 0. The molecule has 0 amide bonds. The molecule has 1 aromatic carbocycles. The molecule has 0 aliphatic rings. The average Bonchev–Trinajstić information content (AvgIpc) is 2.42. The third-order valence-electron chi connectivity index (χ3n) is 3.00. The van der Waals surface area contributed by atoms with Crippen LogP contribution >= 0.6 is 0 Å². The predicted octanol–water partition coefficient (Wildman–Crippen LogP) is 1.81. The topological polar surface area (TPSA) is 65.4 Å². The number of pyridine rings is 1. The summed E-state index contributed by atoms with van der Waals surface area (Å²) in [6.07, 6.45) is 1.21. The second-order valence-corrected chi connectivity index (χ2v) is 4.30. The van der Waals surface area contributed by atoms with Crippen molar-refractivity contribution in [1.82, 2.24) is 4.57 Å². The van der Waals surface area contributed by atoms with Gasteiger partial charge in [-0.2, -0.15) is 0 Å². The zero-order chi connectivity index (χ0) is 15.7. The van der Waals surface area contributed by atoms with E-state index in [0.29, 0.717) is 6.07 Å². The van der Waals surface area contributed by atoms with Gasteiger partial charge in [-0.25, -0.2) is 13.6 Å². The van der Waals surface area contributed by atoms with E-state index in [4.69, 9.17) is 4.74 Å². The maximum atomic E-state index is 13.9. The van der Waals surface area contributed by atoms with Crippen LogP contribution < -0.4 is 5.43 Å². The van der Waals surface area contributed by atoms with E-state index < -0.39 is 34.0 Å².